The van der Waals surface area contributed by atoms with Gasteiger partial charge in [-0.2, -0.15) is 0 Å². The van der Waals surface area contributed by atoms with E-state index in [4.69, 9.17) is 4.74 Å². The molecule has 1 atom stereocenters. The largest absolute Gasteiger partial charge is 0.488 e. The molecule has 1 aromatic rings. The maximum atomic E-state index is 12.6. The number of nitrogens with zero attached hydrogens (tertiary/aromatic N) is 3. The van der Waals surface area contributed by atoms with E-state index in [1.165, 1.54) is 0 Å². The quantitative estimate of drug-likeness (QED) is 0.843. The van der Waals surface area contributed by atoms with Crippen LogP contribution in [-0.2, 0) is 9.59 Å². The van der Waals surface area contributed by atoms with Crippen LogP contribution in [0.2, 0.25) is 0 Å². The minimum absolute atomic E-state index is 0.0466. The van der Waals surface area contributed by atoms with Crippen LogP contribution in [-0.4, -0.2) is 58.9 Å². The van der Waals surface area contributed by atoms with Gasteiger partial charge in [-0.1, -0.05) is 0 Å². The number of carbonyl (C=O) groups excluding carboxylic acids is 2. The molecule has 0 saturated carbocycles. The molecule has 6 heteroatoms. The minimum Gasteiger partial charge on any atom is -0.488 e. The molecule has 0 radical (unpaired) electrons. The van der Waals surface area contributed by atoms with Crippen LogP contribution in [0.1, 0.15) is 26.2 Å². The van der Waals surface area contributed by atoms with E-state index in [0.717, 1.165) is 31.6 Å². The van der Waals surface area contributed by atoms with Crippen molar-refractivity contribution in [2.75, 3.05) is 26.2 Å². The summed E-state index contributed by atoms with van der Waals surface area (Å²) in [6.07, 6.45) is 5.86. The molecule has 0 N–H and O–H groups in total. The third-order valence-electron chi connectivity index (χ3n) is 4.70. The molecule has 0 spiro atoms. The van der Waals surface area contributed by atoms with Gasteiger partial charge in [0.05, 0.1) is 6.54 Å². The molecule has 124 valence electrons. The Hall–Kier alpha value is -2.11. The first-order valence-corrected chi connectivity index (χ1v) is 8.24. The average Bonchev–Trinajstić information content (AvgIpc) is 3.03. The van der Waals surface area contributed by atoms with Crippen molar-refractivity contribution in [2.45, 2.75) is 32.3 Å². The van der Waals surface area contributed by atoms with Gasteiger partial charge < -0.3 is 14.5 Å². The Bertz CT molecular complexity index is 555. The number of likely N-dealkylation sites (tertiary alicyclic amines) is 2. The van der Waals surface area contributed by atoms with Crippen molar-refractivity contribution >= 4 is 11.8 Å². The standard InChI is InChI=1S/C17H23N3O3/c1-13(21)19-9-4-14(5-10-19)17(22)20-11-6-16(12-20)23-15-2-7-18-8-3-15/h2-3,7-8,14,16H,4-6,9-12H2,1H3/t16-/m1/s1. The zero-order valence-electron chi connectivity index (χ0n) is 13.5. The van der Waals surface area contributed by atoms with E-state index < -0.39 is 0 Å². The van der Waals surface area contributed by atoms with Gasteiger partial charge in [0.2, 0.25) is 11.8 Å². The van der Waals surface area contributed by atoms with E-state index in [9.17, 15) is 9.59 Å². The molecule has 2 saturated heterocycles. The number of amides is 2. The van der Waals surface area contributed by atoms with Gasteiger partial charge in [0.1, 0.15) is 11.9 Å². The first kappa shape index (κ1) is 15.8. The number of hydrogen-bond acceptors (Lipinski definition) is 4. The SMILES string of the molecule is CC(=O)N1CCC(C(=O)N2CC[C@@H](Oc3ccncc3)C2)CC1. The van der Waals surface area contributed by atoms with Crippen LogP contribution in [0, 0.1) is 5.92 Å². The lowest BCUT2D eigenvalue weighted by Gasteiger charge is -2.32. The van der Waals surface area contributed by atoms with Crippen molar-refractivity contribution in [3.8, 4) is 5.75 Å². The molecular weight excluding hydrogens is 294 g/mol. The topological polar surface area (TPSA) is 62.7 Å². The normalized spacial score (nSPS) is 22.2. The van der Waals surface area contributed by atoms with Crippen LogP contribution in [0.25, 0.3) is 0 Å². The van der Waals surface area contributed by atoms with E-state index in [1.807, 2.05) is 21.9 Å². The summed E-state index contributed by atoms with van der Waals surface area (Å²) in [6, 6.07) is 3.67. The number of piperidine rings is 1. The van der Waals surface area contributed by atoms with Crippen molar-refractivity contribution in [1.82, 2.24) is 14.8 Å². The molecule has 23 heavy (non-hydrogen) atoms. The Kier molecular flexibility index (Phi) is 4.79. The van der Waals surface area contributed by atoms with Gasteiger partial charge in [0.15, 0.2) is 0 Å². The maximum absolute atomic E-state index is 12.6. The predicted octanol–water partition coefficient (Wildman–Crippen LogP) is 1.32. The van der Waals surface area contributed by atoms with Crippen molar-refractivity contribution in [3.05, 3.63) is 24.5 Å². The van der Waals surface area contributed by atoms with Crippen LogP contribution in [0.4, 0.5) is 0 Å². The summed E-state index contributed by atoms with van der Waals surface area (Å²) in [6.45, 7) is 4.37. The summed E-state index contributed by atoms with van der Waals surface area (Å²) in [5.74, 6) is 1.16. The van der Waals surface area contributed by atoms with E-state index in [-0.39, 0.29) is 23.8 Å². The van der Waals surface area contributed by atoms with Gasteiger partial charge in [-0.25, -0.2) is 0 Å². The molecule has 3 heterocycles. The Morgan fingerprint density at radius 2 is 1.74 bits per heavy atom. The number of ether oxygens (including phenoxy) is 1. The lowest BCUT2D eigenvalue weighted by atomic mass is 9.95. The van der Waals surface area contributed by atoms with Gasteiger partial charge in [-0.3, -0.25) is 14.6 Å². The molecule has 2 fully saturated rings. The first-order chi connectivity index (χ1) is 11.1. The van der Waals surface area contributed by atoms with Gasteiger partial charge in [0.25, 0.3) is 0 Å². The smallest absolute Gasteiger partial charge is 0.225 e. The molecule has 2 aliphatic rings. The highest BCUT2D eigenvalue weighted by molar-refractivity contribution is 5.80. The highest BCUT2D eigenvalue weighted by Crippen LogP contribution is 2.24. The van der Waals surface area contributed by atoms with E-state index >= 15 is 0 Å². The molecular formula is C17H23N3O3. The molecule has 1 aromatic heterocycles. The molecule has 2 aliphatic heterocycles. The summed E-state index contributed by atoms with van der Waals surface area (Å²) in [7, 11) is 0. The van der Waals surface area contributed by atoms with Crippen LogP contribution in [0.3, 0.4) is 0 Å². The van der Waals surface area contributed by atoms with Gasteiger partial charge >= 0.3 is 0 Å². The van der Waals surface area contributed by atoms with E-state index in [1.54, 1.807) is 19.3 Å². The highest BCUT2D eigenvalue weighted by atomic mass is 16.5. The third-order valence-corrected chi connectivity index (χ3v) is 4.70. The molecule has 0 aliphatic carbocycles. The van der Waals surface area contributed by atoms with Gasteiger partial charge in [-0.15, -0.1) is 0 Å². The second-order valence-corrected chi connectivity index (χ2v) is 6.28. The fraction of sp³-hybridized carbons (Fsp3) is 0.588. The number of carbonyl (C=O) groups is 2. The fourth-order valence-electron chi connectivity index (χ4n) is 3.33. The summed E-state index contributed by atoms with van der Waals surface area (Å²) >= 11 is 0. The van der Waals surface area contributed by atoms with E-state index in [2.05, 4.69) is 4.98 Å². The molecule has 3 rings (SSSR count). The fourth-order valence-corrected chi connectivity index (χ4v) is 3.33. The van der Waals surface area contributed by atoms with Crippen LogP contribution < -0.4 is 4.74 Å². The number of hydrogen-bond donors (Lipinski definition) is 0. The van der Waals surface area contributed by atoms with Crippen molar-refractivity contribution in [1.29, 1.82) is 0 Å². The Morgan fingerprint density at radius 1 is 1.09 bits per heavy atom. The monoisotopic (exact) mass is 317 g/mol. The Labute approximate surface area is 136 Å². The van der Waals surface area contributed by atoms with Crippen molar-refractivity contribution in [2.24, 2.45) is 5.92 Å². The second kappa shape index (κ2) is 6.98. The van der Waals surface area contributed by atoms with Gasteiger partial charge in [-0.05, 0) is 25.0 Å². The maximum Gasteiger partial charge on any atom is 0.225 e. The minimum atomic E-state index is 0.0466. The zero-order chi connectivity index (χ0) is 16.2. The lowest BCUT2D eigenvalue weighted by Crippen LogP contribution is -2.43. The number of pyridine rings is 1. The second-order valence-electron chi connectivity index (χ2n) is 6.28. The highest BCUT2D eigenvalue weighted by Gasteiger charge is 2.33. The summed E-state index contributed by atoms with van der Waals surface area (Å²) in [5.41, 5.74) is 0. The van der Waals surface area contributed by atoms with Crippen molar-refractivity contribution < 1.29 is 14.3 Å². The summed E-state index contributed by atoms with van der Waals surface area (Å²) < 4.78 is 5.90. The third kappa shape index (κ3) is 3.81. The Balaban J connectivity index is 1.49. The summed E-state index contributed by atoms with van der Waals surface area (Å²) in [4.78, 5) is 31.7. The summed E-state index contributed by atoms with van der Waals surface area (Å²) in [5, 5.41) is 0. The predicted molar refractivity (Wildman–Crippen MR) is 84.8 cm³/mol. The van der Waals surface area contributed by atoms with Crippen LogP contribution >= 0.6 is 0 Å². The van der Waals surface area contributed by atoms with Crippen LogP contribution in [0.15, 0.2) is 24.5 Å². The van der Waals surface area contributed by atoms with Crippen LogP contribution in [0.5, 0.6) is 5.75 Å². The molecule has 0 unspecified atom stereocenters. The zero-order valence-corrected chi connectivity index (χ0v) is 13.5. The molecule has 0 bridgehead atoms. The van der Waals surface area contributed by atoms with E-state index in [0.29, 0.717) is 19.6 Å². The molecule has 2 amide bonds. The molecule has 6 nitrogen and oxygen atoms in total. The Morgan fingerprint density at radius 3 is 2.39 bits per heavy atom. The number of aromatic nitrogens is 1. The molecule has 0 aromatic carbocycles. The lowest BCUT2D eigenvalue weighted by molar-refractivity contribution is -0.139. The van der Waals surface area contributed by atoms with Crippen molar-refractivity contribution in [3.63, 3.8) is 0 Å². The average molecular weight is 317 g/mol. The van der Waals surface area contributed by atoms with Gasteiger partial charge in [0, 0.05) is 51.3 Å². The number of rotatable bonds is 3. The first-order valence-electron chi connectivity index (χ1n) is 8.24.